The highest BCUT2D eigenvalue weighted by Gasteiger charge is 2.17. The minimum absolute atomic E-state index is 0.0503. The van der Waals surface area contributed by atoms with Crippen molar-refractivity contribution in [1.29, 1.82) is 0 Å². The van der Waals surface area contributed by atoms with Gasteiger partial charge in [-0.05, 0) is 13.0 Å². The predicted octanol–water partition coefficient (Wildman–Crippen LogP) is 2.73. The smallest absolute Gasteiger partial charge is 0.135 e. The van der Waals surface area contributed by atoms with E-state index in [9.17, 15) is 0 Å². The average molecular weight is 245 g/mol. The SMILES string of the molecule is CCn1cc(Nc2ccnc(C(C)(C)C)n2)cn1. The van der Waals surface area contributed by atoms with Gasteiger partial charge in [0.1, 0.15) is 11.6 Å². The molecule has 0 amide bonds. The third-order valence-electron chi connectivity index (χ3n) is 2.56. The molecule has 18 heavy (non-hydrogen) atoms. The van der Waals surface area contributed by atoms with Crippen LogP contribution in [0.1, 0.15) is 33.5 Å². The molecule has 0 spiro atoms. The van der Waals surface area contributed by atoms with Crippen molar-refractivity contribution in [1.82, 2.24) is 19.7 Å². The fraction of sp³-hybridized carbons (Fsp3) is 0.462. The molecule has 0 radical (unpaired) electrons. The standard InChI is InChI=1S/C13H19N5/c1-5-18-9-10(8-15-18)16-11-6-7-14-12(17-11)13(2,3)4/h6-9H,5H2,1-4H3,(H,14,16,17). The first kappa shape index (κ1) is 12.5. The first-order valence-corrected chi connectivity index (χ1v) is 6.12. The molecule has 5 heteroatoms. The van der Waals surface area contributed by atoms with Gasteiger partial charge in [0.05, 0.1) is 11.9 Å². The topological polar surface area (TPSA) is 55.6 Å². The first-order valence-electron chi connectivity index (χ1n) is 6.12. The van der Waals surface area contributed by atoms with Gasteiger partial charge in [0.2, 0.25) is 0 Å². The molecule has 2 aromatic heterocycles. The molecule has 0 aliphatic carbocycles. The fourth-order valence-electron chi connectivity index (χ4n) is 1.54. The van der Waals surface area contributed by atoms with E-state index in [-0.39, 0.29) is 5.41 Å². The molecule has 0 atom stereocenters. The van der Waals surface area contributed by atoms with Crippen molar-refractivity contribution in [3.05, 3.63) is 30.5 Å². The normalized spacial score (nSPS) is 11.6. The van der Waals surface area contributed by atoms with E-state index < -0.39 is 0 Å². The van der Waals surface area contributed by atoms with Crippen LogP contribution in [0.2, 0.25) is 0 Å². The highest BCUT2D eigenvalue weighted by atomic mass is 15.3. The quantitative estimate of drug-likeness (QED) is 0.903. The molecule has 2 aromatic rings. The van der Waals surface area contributed by atoms with Gasteiger partial charge < -0.3 is 5.32 Å². The van der Waals surface area contributed by atoms with Crippen molar-refractivity contribution < 1.29 is 0 Å². The second-order valence-electron chi connectivity index (χ2n) is 5.23. The van der Waals surface area contributed by atoms with Crippen LogP contribution >= 0.6 is 0 Å². The van der Waals surface area contributed by atoms with Crippen molar-refractivity contribution in [2.75, 3.05) is 5.32 Å². The van der Waals surface area contributed by atoms with E-state index in [1.54, 1.807) is 12.4 Å². The first-order chi connectivity index (χ1) is 8.49. The van der Waals surface area contributed by atoms with Crippen LogP contribution in [-0.2, 0) is 12.0 Å². The van der Waals surface area contributed by atoms with Crippen LogP contribution in [-0.4, -0.2) is 19.7 Å². The van der Waals surface area contributed by atoms with Gasteiger partial charge in [0.15, 0.2) is 0 Å². The minimum Gasteiger partial charge on any atom is -0.338 e. The average Bonchev–Trinajstić information content (AvgIpc) is 2.76. The van der Waals surface area contributed by atoms with Crippen LogP contribution in [0.4, 0.5) is 11.5 Å². The van der Waals surface area contributed by atoms with E-state index in [1.165, 1.54) is 0 Å². The molecule has 2 heterocycles. The summed E-state index contributed by atoms with van der Waals surface area (Å²) >= 11 is 0. The van der Waals surface area contributed by atoms with E-state index in [1.807, 2.05) is 16.9 Å². The van der Waals surface area contributed by atoms with Crippen LogP contribution in [0, 0.1) is 0 Å². The third-order valence-corrected chi connectivity index (χ3v) is 2.56. The maximum absolute atomic E-state index is 4.52. The summed E-state index contributed by atoms with van der Waals surface area (Å²) in [7, 11) is 0. The van der Waals surface area contributed by atoms with Gasteiger partial charge in [-0.25, -0.2) is 9.97 Å². The third kappa shape index (κ3) is 2.85. The van der Waals surface area contributed by atoms with Gasteiger partial charge in [0.25, 0.3) is 0 Å². The highest BCUT2D eigenvalue weighted by molar-refractivity contribution is 5.53. The van der Waals surface area contributed by atoms with Crippen LogP contribution in [0.3, 0.4) is 0 Å². The van der Waals surface area contributed by atoms with Crippen LogP contribution in [0.15, 0.2) is 24.7 Å². The lowest BCUT2D eigenvalue weighted by Gasteiger charge is -2.16. The molecule has 0 saturated heterocycles. The summed E-state index contributed by atoms with van der Waals surface area (Å²) in [4.78, 5) is 8.82. The summed E-state index contributed by atoms with van der Waals surface area (Å²) in [5.74, 6) is 1.63. The number of hydrogen-bond acceptors (Lipinski definition) is 4. The van der Waals surface area contributed by atoms with Crippen LogP contribution in [0.25, 0.3) is 0 Å². The minimum atomic E-state index is -0.0503. The number of anilines is 2. The molecular weight excluding hydrogens is 226 g/mol. The number of nitrogens with one attached hydrogen (secondary N) is 1. The molecule has 0 bridgehead atoms. The van der Waals surface area contributed by atoms with E-state index in [0.29, 0.717) is 0 Å². The Labute approximate surface area is 107 Å². The van der Waals surface area contributed by atoms with Crippen molar-refractivity contribution in [3.63, 3.8) is 0 Å². The maximum atomic E-state index is 4.52. The maximum Gasteiger partial charge on any atom is 0.135 e. The molecule has 0 aliphatic heterocycles. The van der Waals surface area contributed by atoms with E-state index in [2.05, 4.69) is 48.1 Å². The summed E-state index contributed by atoms with van der Waals surface area (Å²) in [6.45, 7) is 9.21. The van der Waals surface area contributed by atoms with E-state index in [0.717, 1.165) is 23.9 Å². The summed E-state index contributed by atoms with van der Waals surface area (Å²) in [6, 6.07) is 1.86. The summed E-state index contributed by atoms with van der Waals surface area (Å²) in [5.41, 5.74) is 0.890. The molecule has 5 nitrogen and oxygen atoms in total. The number of rotatable bonds is 3. The number of aromatic nitrogens is 4. The second kappa shape index (κ2) is 4.76. The van der Waals surface area contributed by atoms with E-state index >= 15 is 0 Å². The molecule has 0 aromatic carbocycles. The Morgan fingerprint density at radius 2 is 2.11 bits per heavy atom. The zero-order valence-corrected chi connectivity index (χ0v) is 11.3. The summed E-state index contributed by atoms with van der Waals surface area (Å²) in [6.07, 6.45) is 5.53. The molecule has 0 aliphatic rings. The van der Waals surface area contributed by atoms with Gasteiger partial charge in [-0.1, -0.05) is 20.8 Å². The van der Waals surface area contributed by atoms with Crippen molar-refractivity contribution in [2.45, 2.75) is 39.7 Å². The Bertz CT molecular complexity index is 524. The Morgan fingerprint density at radius 1 is 1.33 bits per heavy atom. The van der Waals surface area contributed by atoms with Crippen molar-refractivity contribution >= 4 is 11.5 Å². The molecule has 2 rings (SSSR count). The fourth-order valence-corrected chi connectivity index (χ4v) is 1.54. The van der Waals surface area contributed by atoms with Crippen LogP contribution in [0.5, 0.6) is 0 Å². The zero-order chi connectivity index (χ0) is 13.2. The highest BCUT2D eigenvalue weighted by Crippen LogP contribution is 2.20. The number of aryl methyl sites for hydroxylation is 1. The molecule has 1 N–H and O–H groups in total. The lowest BCUT2D eigenvalue weighted by Crippen LogP contribution is -2.16. The largest absolute Gasteiger partial charge is 0.338 e. The molecular formula is C13H19N5. The predicted molar refractivity (Wildman–Crippen MR) is 71.9 cm³/mol. The van der Waals surface area contributed by atoms with Gasteiger partial charge in [0, 0.05) is 24.4 Å². The Morgan fingerprint density at radius 3 is 2.72 bits per heavy atom. The monoisotopic (exact) mass is 245 g/mol. The van der Waals surface area contributed by atoms with E-state index in [4.69, 9.17) is 0 Å². The molecule has 96 valence electrons. The number of nitrogens with zero attached hydrogens (tertiary/aromatic N) is 4. The van der Waals surface area contributed by atoms with Crippen molar-refractivity contribution in [3.8, 4) is 0 Å². The molecule has 0 unspecified atom stereocenters. The van der Waals surface area contributed by atoms with Crippen molar-refractivity contribution in [2.24, 2.45) is 0 Å². The zero-order valence-electron chi connectivity index (χ0n) is 11.3. The van der Waals surface area contributed by atoms with Crippen LogP contribution < -0.4 is 5.32 Å². The molecule has 0 fully saturated rings. The Kier molecular flexibility index (Phi) is 3.32. The Hall–Kier alpha value is -1.91. The number of hydrogen-bond donors (Lipinski definition) is 1. The summed E-state index contributed by atoms with van der Waals surface area (Å²) < 4.78 is 1.87. The Balaban J connectivity index is 2.19. The second-order valence-corrected chi connectivity index (χ2v) is 5.23. The molecule has 0 saturated carbocycles. The van der Waals surface area contributed by atoms with Gasteiger partial charge in [-0.15, -0.1) is 0 Å². The lowest BCUT2D eigenvalue weighted by molar-refractivity contribution is 0.546. The van der Waals surface area contributed by atoms with Gasteiger partial charge in [-0.3, -0.25) is 4.68 Å². The van der Waals surface area contributed by atoms with Gasteiger partial charge in [-0.2, -0.15) is 5.10 Å². The van der Waals surface area contributed by atoms with Gasteiger partial charge >= 0.3 is 0 Å². The lowest BCUT2D eigenvalue weighted by atomic mass is 9.96. The summed E-state index contributed by atoms with van der Waals surface area (Å²) in [5, 5.41) is 7.45.